The summed E-state index contributed by atoms with van der Waals surface area (Å²) in [5.74, 6) is -0.279. The second-order valence-corrected chi connectivity index (χ2v) is 3.81. The third-order valence-electron chi connectivity index (χ3n) is 2.12. The van der Waals surface area contributed by atoms with E-state index < -0.39 is 6.36 Å². The highest BCUT2D eigenvalue weighted by atomic mass is 35.5. The Balaban J connectivity index is 2.26. The molecule has 0 saturated heterocycles. The first-order valence-corrected chi connectivity index (χ1v) is 5.30. The van der Waals surface area contributed by atoms with E-state index in [9.17, 15) is 13.2 Å². The third-order valence-corrected chi connectivity index (χ3v) is 2.42. The first kappa shape index (κ1) is 12.7. The SMILES string of the molecule is FC(F)(F)Oc1ccc(-c2ncccc2Cl)cc1. The molecule has 0 N–H and O–H groups in total. The third kappa shape index (κ3) is 3.13. The highest BCUT2D eigenvalue weighted by molar-refractivity contribution is 6.33. The van der Waals surface area contributed by atoms with Gasteiger partial charge in [-0.15, -0.1) is 13.2 Å². The Bertz CT molecular complexity index is 540. The summed E-state index contributed by atoms with van der Waals surface area (Å²) >= 11 is 5.93. The molecule has 1 heterocycles. The first-order valence-electron chi connectivity index (χ1n) is 4.92. The van der Waals surface area contributed by atoms with E-state index in [0.29, 0.717) is 16.3 Å². The standard InChI is InChI=1S/C12H7ClF3NO/c13-10-2-1-7-17-11(10)8-3-5-9(6-4-8)18-12(14,15)16/h1-7H. The summed E-state index contributed by atoms with van der Waals surface area (Å²) < 4.78 is 39.7. The molecule has 0 saturated carbocycles. The molecule has 0 atom stereocenters. The number of hydrogen-bond acceptors (Lipinski definition) is 2. The van der Waals surface area contributed by atoms with E-state index >= 15 is 0 Å². The minimum absolute atomic E-state index is 0.279. The Morgan fingerprint density at radius 3 is 2.28 bits per heavy atom. The zero-order valence-electron chi connectivity index (χ0n) is 8.91. The molecule has 0 fully saturated rings. The number of pyridine rings is 1. The van der Waals surface area contributed by atoms with Crippen molar-refractivity contribution in [2.75, 3.05) is 0 Å². The maximum absolute atomic E-state index is 12.0. The van der Waals surface area contributed by atoms with Crippen LogP contribution in [-0.2, 0) is 0 Å². The summed E-state index contributed by atoms with van der Waals surface area (Å²) in [6, 6.07) is 8.70. The molecular weight excluding hydrogens is 267 g/mol. The van der Waals surface area contributed by atoms with Crippen molar-refractivity contribution in [1.29, 1.82) is 0 Å². The molecule has 0 aliphatic heterocycles. The lowest BCUT2D eigenvalue weighted by molar-refractivity contribution is -0.274. The molecule has 0 aliphatic carbocycles. The van der Waals surface area contributed by atoms with Gasteiger partial charge < -0.3 is 4.74 Å². The van der Waals surface area contributed by atoms with Crippen LogP contribution in [0.3, 0.4) is 0 Å². The second-order valence-electron chi connectivity index (χ2n) is 3.41. The second kappa shape index (κ2) is 4.86. The van der Waals surface area contributed by atoms with Crippen LogP contribution in [-0.4, -0.2) is 11.3 Å². The number of nitrogens with zero attached hydrogens (tertiary/aromatic N) is 1. The first-order chi connectivity index (χ1) is 8.46. The quantitative estimate of drug-likeness (QED) is 0.814. The highest BCUT2D eigenvalue weighted by Crippen LogP contribution is 2.28. The molecule has 0 radical (unpaired) electrons. The molecule has 0 unspecified atom stereocenters. The van der Waals surface area contributed by atoms with Crippen LogP contribution in [0.5, 0.6) is 5.75 Å². The summed E-state index contributed by atoms with van der Waals surface area (Å²) in [7, 11) is 0. The predicted octanol–water partition coefficient (Wildman–Crippen LogP) is 4.30. The van der Waals surface area contributed by atoms with Gasteiger partial charge in [-0.1, -0.05) is 11.6 Å². The van der Waals surface area contributed by atoms with Gasteiger partial charge in [-0.3, -0.25) is 4.98 Å². The van der Waals surface area contributed by atoms with Crippen LogP contribution < -0.4 is 4.74 Å². The maximum atomic E-state index is 12.0. The summed E-state index contributed by atoms with van der Waals surface area (Å²) in [6.45, 7) is 0. The van der Waals surface area contributed by atoms with E-state index in [-0.39, 0.29) is 5.75 Å². The molecule has 6 heteroatoms. The number of halogens is 4. The van der Waals surface area contributed by atoms with Crippen LogP contribution in [0.1, 0.15) is 0 Å². The minimum atomic E-state index is -4.69. The van der Waals surface area contributed by atoms with Crippen LogP contribution in [0.2, 0.25) is 5.02 Å². The van der Waals surface area contributed by atoms with Crippen molar-refractivity contribution in [2.24, 2.45) is 0 Å². The van der Waals surface area contributed by atoms with Gasteiger partial charge in [0.15, 0.2) is 0 Å². The van der Waals surface area contributed by atoms with Crippen molar-refractivity contribution in [3.05, 3.63) is 47.6 Å². The van der Waals surface area contributed by atoms with E-state index in [4.69, 9.17) is 11.6 Å². The normalized spacial score (nSPS) is 11.3. The number of ether oxygens (including phenoxy) is 1. The van der Waals surface area contributed by atoms with E-state index in [1.807, 2.05) is 0 Å². The Kier molecular flexibility index (Phi) is 3.43. The molecule has 2 aromatic rings. The van der Waals surface area contributed by atoms with Crippen molar-refractivity contribution >= 4 is 11.6 Å². The lowest BCUT2D eigenvalue weighted by Gasteiger charge is -2.09. The average molecular weight is 274 g/mol. The molecule has 1 aromatic carbocycles. The Hall–Kier alpha value is -1.75. The van der Waals surface area contributed by atoms with Crippen molar-refractivity contribution in [2.45, 2.75) is 6.36 Å². The van der Waals surface area contributed by atoms with Gasteiger partial charge in [-0.05, 0) is 36.4 Å². The zero-order chi connectivity index (χ0) is 13.2. The average Bonchev–Trinajstić information content (AvgIpc) is 2.29. The van der Waals surface area contributed by atoms with Gasteiger partial charge in [-0.2, -0.15) is 0 Å². The fraction of sp³-hybridized carbons (Fsp3) is 0.0833. The number of aromatic nitrogens is 1. The Morgan fingerprint density at radius 2 is 1.72 bits per heavy atom. The molecule has 1 aromatic heterocycles. The van der Waals surface area contributed by atoms with Crippen molar-refractivity contribution in [3.63, 3.8) is 0 Å². The Labute approximate surface area is 106 Å². The highest BCUT2D eigenvalue weighted by Gasteiger charge is 2.30. The van der Waals surface area contributed by atoms with Gasteiger partial charge in [0.2, 0.25) is 0 Å². The number of hydrogen-bond donors (Lipinski definition) is 0. The predicted molar refractivity (Wildman–Crippen MR) is 61.4 cm³/mol. The van der Waals surface area contributed by atoms with Crippen molar-refractivity contribution in [1.82, 2.24) is 4.98 Å². The zero-order valence-corrected chi connectivity index (χ0v) is 9.66. The van der Waals surface area contributed by atoms with Crippen molar-refractivity contribution < 1.29 is 17.9 Å². The molecule has 0 aliphatic rings. The molecular formula is C12H7ClF3NO. The monoisotopic (exact) mass is 273 g/mol. The summed E-state index contributed by atoms with van der Waals surface area (Å²) in [4.78, 5) is 4.06. The smallest absolute Gasteiger partial charge is 0.406 e. The Morgan fingerprint density at radius 1 is 1.06 bits per heavy atom. The molecule has 2 nitrogen and oxygen atoms in total. The summed E-state index contributed by atoms with van der Waals surface area (Å²) in [5, 5.41) is 0.432. The summed E-state index contributed by atoms with van der Waals surface area (Å²) in [6.07, 6.45) is -3.13. The fourth-order valence-electron chi connectivity index (χ4n) is 1.41. The number of alkyl halides is 3. The molecule has 0 spiro atoms. The van der Waals surface area contributed by atoms with Gasteiger partial charge in [0, 0.05) is 11.8 Å². The number of rotatable bonds is 2. The van der Waals surface area contributed by atoms with Crippen LogP contribution in [0, 0.1) is 0 Å². The van der Waals surface area contributed by atoms with Gasteiger partial charge in [0.25, 0.3) is 0 Å². The summed E-state index contributed by atoms with van der Waals surface area (Å²) in [5.41, 5.74) is 1.13. The molecule has 2 rings (SSSR count). The molecule has 18 heavy (non-hydrogen) atoms. The van der Waals surface area contributed by atoms with E-state index in [0.717, 1.165) is 0 Å². The topological polar surface area (TPSA) is 22.1 Å². The van der Waals surface area contributed by atoms with Crippen molar-refractivity contribution in [3.8, 4) is 17.0 Å². The maximum Gasteiger partial charge on any atom is 0.573 e. The van der Waals surface area contributed by atoms with Crippen LogP contribution in [0.4, 0.5) is 13.2 Å². The molecule has 0 bridgehead atoms. The lowest BCUT2D eigenvalue weighted by atomic mass is 10.1. The van der Waals surface area contributed by atoms with E-state index in [2.05, 4.69) is 9.72 Å². The van der Waals surface area contributed by atoms with Crippen LogP contribution in [0.15, 0.2) is 42.6 Å². The lowest BCUT2D eigenvalue weighted by Crippen LogP contribution is -2.16. The fourth-order valence-corrected chi connectivity index (χ4v) is 1.64. The molecule has 94 valence electrons. The minimum Gasteiger partial charge on any atom is -0.406 e. The van der Waals surface area contributed by atoms with Crippen LogP contribution >= 0.6 is 11.6 Å². The van der Waals surface area contributed by atoms with Gasteiger partial charge in [0.1, 0.15) is 5.75 Å². The van der Waals surface area contributed by atoms with Gasteiger partial charge >= 0.3 is 6.36 Å². The van der Waals surface area contributed by atoms with E-state index in [1.54, 1.807) is 18.3 Å². The largest absolute Gasteiger partial charge is 0.573 e. The van der Waals surface area contributed by atoms with Crippen LogP contribution in [0.25, 0.3) is 11.3 Å². The molecule has 0 amide bonds. The van der Waals surface area contributed by atoms with Gasteiger partial charge in [0.05, 0.1) is 10.7 Å². The number of benzene rings is 1. The van der Waals surface area contributed by atoms with E-state index in [1.165, 1.54) is 24.3 Å². The van der Waals surface area contributed by atoms with Gasteiger partial charge in [-0.25, -0.2) is 0 Å².